The highest BCUT2D eigenvalue weighted by Crippen LogP contribution is 2.33. The molecule has 0 fully saturated rings. The molecule has 0 amide bonds. The minimum absolute atomic E-state index is 0.196. The van der Waals surface area contributed by atoms with Gasteiger partial charge in [0.25, 0.3) is 0 Å². The van der Waals surface area contributed by atoms with Crippen LogP contribution in [-0.4, -0.2) is 13.2 Å². The van der Waals surface area contributed by atoms with Gasteiger partial charge in [0.15, 0.2) is 0 Å². The smallest absolute Gasteiger partial charge is 0.0922 e. The summed E-state index contributed by atoms with van der Waals surface area (Å²) < 4.78 is 0. The Hall–Kier alpha value is -0.603. The number of benzene rings is 1. The van der Waals surface area contributed by atoms with E-state index in [0.29, 0.717) is 0 Å². The summed E-state index contributed by atoms with van der Waals surface area (Å²) in [4.78, 5) is 0. The molecule has 0 saturated carbocycles. The molecule has 0 aromatic heterocycles. The van der Waals surface area contributed by atoms with Crippen molar-refractivity contribution in [1.82, 2.24) is 0 Å². The van der Waals surface area contributed by atoms with Crippen molar-refractivity contribution in [2.24, 2.45) is 0 Å². The Bertz CT molecular complexity index is 272. The van der Waals surface area contributed by atoms with E-state index in [0.717, 1.165) is 23.7 Å². The van der Waals surface area contributed by atoms with Crippen LogP contribution in [0.15, 0.2) is 30.3 Å². The molecule has 1 N–H and O–H groups in total. The molecular formula is C13H22OSi. The van der Waals surface area contributed by atoms with Gasteiger partial charge in [-0.3, -0.25) is 0 Å². The van der Waals surface area contributed by atoms with E-state index in [9.17, 15) is 5.11 Å². The van der Waals surface area contributed by atoms with E-state index in [4.69, 9.17) is 0 Å². The van der Waals surface area contributed by atoms with Crippen molar-refractivity contribution < 1.29 is 5.11 Å². The summed E-state index contributed by atoms with van der Waals surface area (Å²) in [5, 5.41) is 10.5. The van der Waals surface area contributed by atoms with Gasteiger partial charge < -0.3 is 5.11 Å². The predicted octanol–water partition coefficient (Wildman–Crippen LogP) is 3.77. The Morgan fingerprint density at radius 2 is 1.47 bits per heavy atom. The summed E-state index contributed by atoms with van der Waals surface area (Å²) in [5.74, 6) is 0. The lowest BCUT2D eigenvalue weighted by Crippen LogP contribution is -2.39. The topological polar surface area (TPSA) is 20.2 Å². The molecular weight excluding hydrogens is 200 g/mol. The zero-order valence-corrected chi connectivity index (χ0v) is 11.0. The van der Waals surface area contributed by atoms with Crippen LogP contribution in [0.4, 0.5) is 0 Å². The summed E-state index contributed by atoms with van der Waals surface area (Å²) >= 11 is 0. The third kappa shape index (κ3) is 2.50. The lowest BCUT2D eigenvalue weighted by Gasteiger charge is -2.33. The van der Waals surface area contributed by atoms with Gasteiger partial charge in [-0.1, -0.05) is 69.2 Å². The first kappa shape index (κ1) is 12.5. The van der Waals surface area contributed by atoms with Crippen molar-refractivity contribution >= 4 is 8.07 Å². The van der Waals surface area contributed by atoms with Gasteiger partial charge in [0.1, 0.15) is 0 Å². The van der Waals surface area contributed by atoms with Gasteiger partial charge in [-0.2, -0.15) is 0 Å². The maximum atomic E-state index is 10.5. The monoisotopic (exact) mass is 222 g/mol. The SMILES string of the molecule is CC[Si](CC)(CC)[C@H](O)c1ccccc1. The first-order chi connectivity index (χ1) is 7.20. The Kier molecular flexibility index (Phi) is 4.55. The second kappa shape index (κ2) is 5.47. The van der Waals surface area contributed by atoms with Gasteiger partial charge in [0, 0.05) is 0 Å². The summed E-state index contributed by atoms with van der Waals surface area (Å²) in [6, 6.07) is 13.6. The molecule has 0 aliphatic heterocycles. The predicted molar refractivity (Wildman–Crippen MR) is 68.6 cm³/mol. The van der Waals surface area contributed by atoms with E-state index in [1.54, 1.807) is 0 Å². The Balaban J connectivity index is 2.95. The van der Waals surface area contributed by atoms with Crippen LogP contribution in [0.5, 0.6) is 0 Å². The van der Waals surface area contributed by atoms with E-state index in [1.807, 2.05) is 30.3 Å². The van der Waals surface area contributed by atoms with Crippen molar-refractivity contribution in [3.8, 4) is 0 Å². The molecule has 0 heterocycles. The highest BCUT2D eigenvalue weighted by atomic mass is 28.3. The Morgan fingerprint density at radius 3 is 1.87 bits per heavy atom. The Morgan fingerprint density at radius 1 is 1.00 bits per heavy atom. The van der Waals surface area contributed by atoms with E-state index >= 15 is 0 Å². The molecule has 1 aromatic rings. The van der Waals surface area contributed by atoms with E-state index in [1.165, 1.54) is 0 Å². The molecule has 1 rings (SSSR count). The lowest BCUT2D eigenvalue weighted by atomic mass is 10.2. The maximum Gasteiger partial charge on any atom is 0.0922 e. The second-order valence-electron chi connectivity index (χ2n) is 4.24. The van der Waals surface area contributed by atoms with Crippen LogP contribution < -0.4 is 0 Å². The zero-order valence-electron chi connectivity index (χ0n) is 10.0. The fraction of sp³-hybridized carbons (Fsp3) is 0.538. The van der Waals surface area contributed by atoms with Crippen molar-refractivity contribution in [2.45, 2.75) is 44.6 Å². The average molecular weight is 222 g/mol. The highest BCUT2D eigenvalue weighted by Gasteiger charge is 2.35. The van der Waals surface area contributed by atoms with Gasteiger partial charge >= 0.3 is 0 Å². The first-order valence-corrected chi connectivity index (χ1v) is 8.63. The van der Waals surface area contributed by atoms with Gasteiger partial charge in [-0.25, -0.2) is 0 Å². The van der Waals surface area contributed by atoms with Crippen LogP contribution >= 0.6 is 0 Å². The molecule has 1 nitrogen and oxygen atoms in total. The minimum atomic E-state index is -1.51. The van der Waals surface area contributed by atoms with Crippen molar-refractivity contribution in [1.29, 1.82) is 0 Å². The second-order valence-corrected chi connectivity index (χ2v) is 9.63. The third-order valence-corrected chi connectivity index (χ3v) is 9.53. The molecule has 84 valence electrons. The molecule has 2 heteroatoms. The van der Waals surface area contributed by atoms with Crippen LogP contribution in [0, 0.1) is 0 Å². The van der Waals surface area contributed by atoms with Crippen molar-refractivity contribution in [3.63, 3.8) is 0 Å². The van der Waals surface area contributed by atoms with Crippen LogP contribution in [0.25, 0.3) is 0 Å². The normalized spacial score (nSPS) is 13.9. The van der Waals surface area contributed by atoms with Gasteiger partial charge in [-0.05, 0) is 5.56 Å². The van der Waals surface area contributed by atoms with Crippen LogP contribution in [-0.2, 0) is 0 Å². The van der Waals surface area contributed by atoms with Gasteiger partial charge in [0.2, 0.25) is 0 Å². The van der Waals surface area contributed by atoms with Crippen molar-refractivity contribution in [3.05, 3.63) is 35.9 Å². The van der Waals surface area contributed by atoms with E-state index in [-0.39, 0.29) is 5.73 Å². The quantitative estimate of drug-likeness (QED) is 0.752. The lowest BCUT2D eigenvalue weighted by molar-refractivity contribution is 0.246. The molecule has 0 aliphatic carbocycles. The highest BCUT2D eigenvalue weighted by molar-refractivity contribution is 6.80. The van der Waals surface area contributed by atoms with Crippen LogP contribution in [0.1, 0.15) is 32.1 Å². The number of aliphatic hydroxyl groups is 1. The van der Waals surface area contributed by atoms with E-state index < -0.39 is 8.07 Å². The summed E-state index contributed by atoms with van der Waals surface area (Å²) in [5.41, 5.74) is 0.911. The largest absolute Gasteiger partial charge is 0.392 e. The molecule has 0 bridgehead atoms. The van der Waals surface area contributed by atoms with Gasteiger partial charge in [0.05, 0.1) is 13.8 Å². The molecule has 0 aliphatic rings. The molecule has 15 heavy (non-hydrogen) atoms. The molecule has 0 saturated heterocycles. The summed E-state index contributed by atoms with van der Waals surface area (Å²) in [7, 11) is -1.51. The molecule has 1 aromatic carbocycles. The van der Waals surface area contributed by atoms with Crippen LogP contribution in [0.3, 0.4) is 0 Å². The molecule has 0 radical (unpaired) electrons. The zero-order chi connectivity index (χ0) is 11.3. The number of aliphatic hydroxyl groups excluding tert-OH is 1. The van der Waals surface area contributed by atoms with E-state index in [2.05, 4.69) is 20.8 Å². The average Bonchev–Trinajstić information content (AvgIpc) is 2.33. The number of hydrogen-bond donors (Lipinski definition) is 1. The van der Waals surface area contributed by atoms with Gasteiger partial charge in [-0.15, -0.1) is 0 Å². The van der Waals surface area contributed by atoms with Crippen molar-refractivity contribution in [2.75, 3.05) is 0 Å². The van der Waals surface area contributed by atoms with Crippen LogP contribution in [0.2, 0.25) is 18.1 Å². The summed E-state index contributed by atoms with van der Waals surface area (Å²) in [6.07, 6.45) is 0. The molecule has 0 unspecified atom stereocenters. The standard InChI is InChI=1S/C13H22OSi/c1-4-15(5-2,6-3)13(14)12-10-8-7-9-11-12/h7-11,13-14H,4-6H2,1-3H3/t13-/m0/s1. The first-order valence-electron chi connectivity index (χ1n) is 5.93. The number of hydrogen-bond acceptors (Lipinski definition) is 1. The molecule has 1 atom stereocenters. The molecule has 0 spiro atoms. The minimum Gasteiger partial charge on any atom is -0.392 e. The summed E-state index contributed by atoms with van der Waals surface area (Å²) in [6.45, 7) is 6.68. The Labute approximate surface area is 94.2 Å². The third-order valence-electron chi connectivity index (χ3n) is 3.81. The maximum absolute atomic E-state index is 10.5. The fourth-order valence-electron chi connectivity index (χ4n) is 2.32. The fourth-order valence-corrected chi connectivity index (χ4v) is 5.88. The number of rotatable bonds is 5.